The first-order valence-corrected chi connectivity index (χ1v) is 9.33. The third-order valence-corrected chi connectivity index (χ3v) is 4.96. The highest BCUT2D eigenvalue weighted by Gasteiger charge is 2.22. The molecular formula is C20H19NO4S. The lowest BCUT2D eigenvalue weighted by Gasteiger charge is -2.11. The van der Waals surface area contributed by atoms with Gasteiger partial charge in [-0.05, 0) is 18.9 Å². The topological polar surface area (TPSA) is 76.0 Å². The van der Waals surface area contributed by atoms with Crippen molar-refractivity contribution in [3.63, 3.8) is 0 Å². The minimum Gasteiger partial charge on any atom is -0.512 e. The van der Waals surface area contributed by atoms with Crippen LogP contribution in [0.15, 0.2) is 52.0 Å². The van der Waals surface area contributed by atoms with E-state index in [1.807, 2.05) is 35.7 Å². The van der Waals surface area contributed by atoms with Crippen LogP contribution >= 0.6 is 11.3 Å². The molecule has 0 bridgehead atoms. The highest BCUT2D eigenvalue weighted by Crippen LogP contribution is 2.38. The smallest absolute Gasteiger partial charge is 0.341 e. The summed E-state index contributed by atoms with van der Waals surface area (Å²) in [5.41, 5.74) is 2.24. The molecule has 5 nitrogen and oxygen atoms in total. The number of aliphatic imine (C=N–C) groups is 1. The Morgan fingerprint density at radius 1 is 1.31 bits per heavy atom. The molecule has 1 heterocycles. The second-order valence-corrected chi connectivity index (χ2v) is 6.67. The van der Waals surface area contributed by atoms with Crippen molar-refractivity contribution < 1.29 is 19.4 Å². The van der Waals surface area contributed by atoms with Gasteiger partial charge in [-0.15, -0.1) is 11.3 Å². The van der Waals surface area contributed by atoms with E-state index in [2.05, 4.69) is 4.99 Å². The Balaban J connectivity index is 2.02. The van der Waals surface area contributed by atoms with Gasteiger partial charge in [-0.3, -0.25) is 4.79 Å². The van der Waals surface area contributed by atoms with E-state index in [0.717, 1.165) is 11.1 Å². The summed E-state index contributed by atoms with van der Waals surface area (Å²) in [6, 6.07) is 9.53. The van der Waals surface area contributed by atoms with Gasteiger partial charge in [0.2, 0.25) is 0 Å². The molecule has 1 aromatic carbocycles. The first-order valence-electron chi connectivity index (χ1n) is 8.45. The Bertz CT molecular complexity index is 880. The molecule has 0 saturated carbocycles. The number of rotatable bonds is 5. The molecule has 0 unspecified atom stereocenters. The lowest BCUT2D eigenvalue weighted by Crippen LogP contribution is -2.12. The molecular weight excluding hydrogens is 350 g/mol. The Morgan fingerprint density at radius 3 is 2.77 bits per heavy atom. The van der Waals surface area contributed by atoms with Crippen LogP contribution in [0.3, 0.4) is 0 Å². The van der Waals surface area contributed by atoms with Gasteiger partial charge in [0.05, 0.1) is 12.2 Å². The SMILES string of the molecule is CCOC(=O)c1c(-c2ccccc2)csc1/N=C/C1=C(O)CCCC1=O. The van der Waals surface area contributed by atoms with Gasteiger partial charge >= 0.3 is 5.97 Å². The molecule has 134 valence electrons. The number of esters is 1. The van der Waals surface area contributed by atoms with Crippen molar-refractivity contribution in [1.82, 2.24) is 0 Å². The van der Waals surface area contributed by atoms with Gasteiger partial charge in [-0.1, -0.05) is 30.3 Å². The molecule has 3 rings (SSSR count). The van der Waals surface area contributed by atoms with Gasteiger partial charge in [0.15, 0.2) is 5.78 Å². The van der Waals surface area contributed by atoms with Gasteiger partial charge in [0, 0.05) is 30.0 Å². The summed E-state index contributed by atoms with van der Waals surface area (Å²) in [6.45, 7) is 2.01. The number of ether oxygens (including phenoxy) is 1. The molecule has 2 aromatic rings. The number of carbonyl (C=O) groups is 2. The lowest BCUT2D eigenvalue weighted by atomic mass is 9.97. The van der Waals surface area contributed by atoms with Crippen LogP contribution in [0.25, 0.3) is 11.1 Å². The number of carbonyl (C=O) groups excluding carboxylic acids is 2. The van der Waals surface area contributed by atoms with Crippen molar-refractivity contribution >= 4 is 34.3 Å². The normalized spacial score (nSPS) is 14.9. The average Bonchev–Trinajstić information content (AvgIpc) is 3.06. The monoisotopic (exact) mass is 369 g/mol. The summed E-state index contributed by atoms with van der Waals surface area (Å²) in [4.78, 5) is 28.8. The zero-order chi connectivity index (χ0) is 18.5. The highest BCUT2D eigenvalue weighted by atomic mass is 32.1. The highest BCUT2D eigenvalue weighted by molar-refractivity contribution is 7.14. The molecule has 0 atom stereocenters. The van der Waals surface area contributed by atoms with Crippen LogP contribution in [-0.4, -0.2) is 29.7 Å². The number of benzene rings is 1. The number of aliphatic hydroxyl groups is 1. The molecule has 1 N–H and O–H groups in total. The maximum absolute atomic E-state index is 12.5. The molecule has 26 heavy (non-hydrogen) atoms. The molecule has 1 aliphatic carbocycles. The number of nitrogens with zero attached hydrogens (tertiary/aromatic N) is 1. The molecule has 0 saturated heterocycles. The standard InChI is InChI=1S/C20H19NO4S/c1-2-25-20(24)18-15(13-7-4-3-5-8-13)12-26-19(18)21-11-14-16(22)9-6-10-17(14)23/h3-5,7-8,11-12,22H,2,6,9-10H2,1H3/b21-11+. The number of allylic oxidation sites excluding steroid dienone is 2. The second-order valence-electron chi connectivity index (χ2n) is 5.81. The maximum Gasteiger partial charge on any atom is 0.341 e. The van der Waals surface area contributed by atoms with Crippen LogP contribution in [-0.2, 0) is 9.53 Å². The number of thiophene rings is 1. The summed E-state index contributed by atoms with van der Waals surface area (Å²) in [5, 5.41) is 12.3. The summed E-state index contributed by atoms with van der Waals surface area (Å²) >= 11 is 1.30. The van der Waals surface area contributed by atoms with E-state index >= 15 is 0 Å². The summed E-state index contributed by atoms with van der Waals surface area (Å²) < 4.78 is 5.19. The quantitative estimate of drug-likeness (QED) is 0.603. The van der Waals surface area contributed by atoms with Crippen LogP contribution in [0.2, 0.25) is 0 Å². The first-order chi connectivity index (χ1) is 12.6. The zero-order valence-electron chi connectivity index (χ0n) is 14.4. The van der Waals surface area contributed by atoms with Gasteiger partial charge in [-0.25, -0.2) is 9.79 Å². The number of hydrogen-bond donors (Lipinski definition) is 1. The summed E-state index contributed by atoms with van der Waals surface area (Å²) in [7, 11) is 0. The largest absolute Gasteiger partial charge is 0.512 e. The molecule has 1 aromatic heterocycles. The number of aliphatic hydroxyl groups excluding tert-OH is 1. The Morgan fingerprint density at radius 2 is 2.08 bits per heavy atom. The Hall–Kier alpha value is -2.73. The fourth-order valence-corrected chi connectivity index (χ4v) is 3.70. The predicted octanol–water partition coefficient (Wildman–Crippen LogP) is 4.86. The number of Topliss-reactive ketones (excluding diaryl/α,β-unsaturated/α-hetero) is 1. The van der Waals surface area contributed by atoms with E-state index in [1.54, 1.807) is 6.92 Å². The third-order valence-electron chi connectivity index (χ3n) is 4.08. The van der Waals surface area contributed by atoms with Crippen LogP contribution in [0.4, 0.5) is 5.00 Å². The van der Waals surface area contributed by atoms with E-state index in [-0.39, 0.29) is 23.7 Å². The molecule has 0 radical (unpaired) electrons. The van der Waals surface area contributed by atoms with Crippen molar-refractivity contribution in [2.75, 3.05) is 6.61 Å². The minimum atomic E-state index is -0.451. The zero-order valence-corrected chi connectivity index (χ0v) is 15.2. The third kappa shape index (κ3) is 3.75. The summed E-state index contributed by atoms with van der Waals surface area (Å²) in [5.74, 6) is -0.523. The number of hydrogen-bond acceptors (Lipinski definition) is 6. The van der Waals surface area contributed by atoms with Crippen LogP contribution in [0.1, 0.15) is 36.5 Å². The van der Waals surface area contributed by atoms with E-state index in [1.165, 1.54) is 17.6 Å². The second kappa shape index (κ2) is 8.10. The molecule has 0 spiro atoms. The van der Waals surface area contributed by atoms with Crippen molar-refractivity contribution in [3.05, 3.63) is 52.6 Å². The van der Waals surface area contributed by atoms with E-state index in [9.17, 15) is 14.7 Å². The molecule has 1 aliphatic rings. The Kier molecular flexibility index (Phi) is 5.63. The maximum atomic E-state index is 12.5. The van der Waals surface area contributed by atoms with Crippen molar-refractivity contribution in [2.24, 2.45) is 4.99 Å². The van der Waals surface area contributed by atoms with Crippen LogP contribution in [0.5, 0.6) is 0 Å². The molecule has 0 amide bonds. The van der Waals surface area contributed by atoms with Crippen LogP contribution in [0, 0.1) is 0 Å². The van der Waals surface area contributed by atoms with Gasteiger partial charge in [-0.2, -0.15) is 0 Å². The fourth-order valence-electron chi connectivity index (χ4n) is 2.79. The average molecular weight is 369 g/mol. The fraction of sp³-hybridized carbons (Fsp3) is 0.250. The lowest BCUT2D eigenvalue weighted by molar-refractivity contribution is -0.115. The molecule has 0 fully saturated rings. The van der Waals surface area contributed by atoms with Crippen molar-refractivity contribution in [2.45, 2.75) is 26.2 Å². The summed E-state index contributed by atoms with van der Waals surface area (Å²) in [6.07, 6.45) is 2.88. The molecule has 6 heteroatoms. The number of ketones is 1. The van der Waals surface area contributed by atoms with E-state index < -0.39 is 5.97 Å². The van der Waals surface area contributed by atoms with E-state index in [4.69, 9.17) is 4.74 Å². The van der Waals surface area contributed by atoms with Crippen LogP contribution < -0.4 is 0 Å². The van der Waals surface area contributed by atoms with E-state index in [0.29, 0.717) is 29.8 Å². The van der Waals surface area contributed by atoms with Gasteiger partial charge in [0.25, 0.3) is 0 Å². The Labute approximate surface area is 155 Å². The predicted molar refractivity (Wildman–Crippen MR) is 102 cm³/mol. The van der Waals surface area contributed by atoms with Gasteiger partial charge in [0.1, 0.15) is 16.3 Å². The van der Waals surface area contributed by atoms with Crippen molar-refractivity contribution in [3.8, 4) is 11.1 Å². The van der Waals surface area contributed by atoms with Crippen molar-refractivity contribution in [1.29, 1.82) is 0 Å². The minimum absolute atomic E-state index is 0.0579. The molecule has 0 aliphatic heterocycles. The van der Waals surface area contributed by atoms with Gasteiger partial charge < -0.3 is 9.84 Å². The first kappa shape index (κ1) is 18.1.